The van der Waals surface area contributed by atoms with Crippen molar-refractivity contribution in [2.75, 3.05) is 18.5 Å². The van der Waals surface area contributed by atoms with E-state index >= 15 is 0 Å². The van der Waals surface area contributed by atoms with Crippen molar-refractivity contribution in [1.82, 2.24) is 30.2 Å². The van der Waals surface area contributed by atoms with Gasteiger partial charge in [0.25, 0.3) is 0 Å². The van der Waals surface area contributed by atoms with Crippen LogP contribution in [0.2, 0.25) is 0 Å². The molecule has 0 saturated carbocycles. The van der Waals surface area contributed by atoms with Gasteiger partial charge in [0.05, 0.1) is 5.69 Å². The summed E-state index contributed by atoms with van der Waals surface area (Å²) in [5, 5.41) is 14.0. The molecule has 3 heterocycles. The average molecular weight is 411 g/mol. The van der Waals surface area contributed by atoms with Crippen LogP contribution in [0.5, 0.6) is 0 Å². The zero-order valence-electron chi connectivity index (χ0n) is 17.0. The highest BCUT2D eigenvalue weighted by molar-refractivity contribution is 5.87. The lowest BCUT2D eigenvalue weighted by atomic mass is 9.91. The lowest BCUT2D eigenvalue weighted by Gasteiger charge is -2.28. The number of carbonyl (C=O) groups is 1. The molecule has 1 saturated heterocycles. The molecular formula is C20H25N7O3. The van der Waals surface area contributed by atoms with Gasteiger partial charge >= 0.3 is 6.03 Å². The Morgan fingerprint density at radius 1 is 1.20 bits per heavy atom. The summed E-state index contributed by atoms with van der Waals surface area (Å²) in [5.74, 6) is 1.62. The van der Waals surface area contributed by atoms with Crippen LogP contribution in [0.4, 0.5) is 10.7 Å². The Balaban J connectivity index is 1.51. The van der Waals surface area contributed by atoms with Gasteiger partial charge in [0, 0.05) is 19.1 Å². The number of para-hydroxylation sites is 1. The average Bonchev–Trinajstić information content (AvgIpc) is 3.43. The van der Waals surface area contributed by atoms with Crippen LogP contribution in [-0.2, 0) is 4.74 Å². The Morgan fingerprint density at radius 2 is 1.97 bits per heavy atom. The minimum Gasteiger partial charge on any atom is -0.381 e. The van der Waals surface area contributed by atoms with Crippen LogP contribution in [0.15, 0.2) is 41.2 Å². The third-order valence-corrected chi connectivity index (χ3v) is 5.04. The van der Waals surface area contributed by atoms with Crippen molar-refractivity contribution in [2.24, 2.45) is 5.92 Å². The van der Waals surface area contributed by atoms with Gasteiger partial charge in [0.1, 0.15) is 12.4 Å². The van der Waals surface area contributed by atoms with Crippen molar-refractivity contribution in [2.45, 2.75) is 38.6 Å². The number of aromatic nitrogens is 5. The molecule has 0 spiro atoms. The van der Waals surface area contributed by atoms with Crippen molar-refractivity contribution in [1.29, 1.82) is 0 Å². The second-order valence-corrected chi connectivity index (χ2v) is 7.50. The topological polar surface area (TPSA) is 120 Å². The maximum Gasteiger partial charge on any atom is 0.322 e. The van der Waals surface area contributed by atoms with E-state index in [1.807, 2.05) is 44.2 Å². The van der Waals surface area contributed by atoms with Crippen LogP contribution in [-0.4, -0.2) is 44.1 Å². The fourth-order valence-corrected chi connectivity index (χ4v) is 3.40. The predicted molar refractivity (Wildman–Crippen MR) is 108 cm³/mol. The van der Waals surface area contributed by atoms with Crippen LogP contribution >= 0.6 is 0 Å². The number of anilines is 1. The number of rotatable bonds is 6. The molecule has 0 bridgehead atoms. The normalized spacial score (nSPS) is 15.8. The number of hydrogen-bond donors (Lipinski definition) is 2. The van der Waals surface area contributed by atoms with E-state index in [-0.39, 0.29) is 11.8 Å². The number of benzene rings is 1. The smallest absolute Gasteiger partial charge is 0.322 e. The zero-order chi connectivity index (χ0) is 20.9. The Labute approximate surface area is 174 Å². The first-order chi connectivity index (χ1) is 14.6. The van der Waals surface area contributed by atoms with Gasteiger partial charge in [0.15, 0.2) is 5.82 Å². The van der Waals surface area contributed by atoms with Crippen molar-refractivity contribution in [3.63, 3.8) is 0 Å². The lowest BCUT2D eigenvalue weighted by molar-refractivity contribution is 0.0506. The number of nitrogens with one attached hydrogen (secondary N) is 2. The molecule has 4 rings (SSSR count). The van der Waals surface area contributed by atoms with Gasteiger partial charge in [0.2, 0.25) is 11.8 Å². The number of nitrogens with zero attached hydrogens (tertiary/aromatic N) is 5. The minimum absolute atomic E-state index is 0.135. The van der Waals surface area contributed by atoms with E-state index < -0.39 is 12.1 Å². The molecule has 2 N–H and O–H groups in total. The second-order valence-electron chi connectivity index (χ2n) is 7.50. The third-order valence-electron chi connectivity index (χ3n) is 5.04. The summed E-state index contributed by atoms with van der Waals surface area (Å²) in [5.41, 5.74) is 0.796. The van der Waals surface area contributed by atoms with Gasteiger partial charge in [-0.05, 0) is 30.9 Å². The molecule has 1 fully saturated rings. The fourth-order valence-electron chi connectivity index (χ4n) is 3.40. The summed E-state index contributed by atoms with van der Waals surface area (Å²) < 4.78 is 12.5. The first-order valence-electron chi connectivity index (χ1n) is 10.1. The van der Waals surface area contributed by atoms with Crippen LogP contribution in [0.25, 0.3) is 5.69 Å². The number of hydrogen-bond acceptors (Lipinski definition) is 7. The highest BCUT2D eigenvalue weighted by atomic mass is 16.5. The molecule has 2 aromatic heterocycles. The number of ether oxygens (including phenoxy) is 1. The van der Waals surface area contributed by atoms with Crippen molar-refractivity contribution >= 4 is 12.0 Å². The van der Waals surface area contributed by atoms with Gasteiger partial charge in [-0.1, -0.05) is 37.2 Å². The van der Waals surface area contributed by atoms with Crippen LogP contribution in [0.1, 0.15) is 50.4 Å². The molecule has 1 unspecified atom stereocenters. The molecule has 1 atom stereocenters. The van der Waals surface area contributed by atoms with Crippen LogP contribution < -0.4 is 10.6 Å². The summed E-state index contributed by atoms with van der Waals surface area (Å²) in [7, 11) is 0. The van der Waals surface area contributed by atoms with Crippen LogP contribution in [0, 0.1) is 5.92 Å². The molecule has 2 amide bonds. The lowest BCUT2D eigenvalue weighted by Crippen LogP contribution is -2.39. The van der Waals surface area contributed by atoms with Gasteiger partial charge in [-0.15, -0.1) is 0 Å². The Kier molecular flexibility index (Phi) is 6.03. The Hall–Kier alpha value is -3.27. The molecule has 0 aliphatic carbocycles. The maximum absolute atomic E-state index is 12.8. The number of urea groups is 1. The summed E-state index contributed by atoms with van der Waals surface area (Å²) in [6, 6.07) is 8.63. The van der Waals surface area contributed by atoms with E-state index in [0.29, 0.717) is 30.9 Å². The van der Waals surface area contributed by atoms with Gasteiger partial charge < -0.3 is 14.6 Å². The van der Waals surface area contributed by atoms with E-state index in [2.05, 4.69) is 30.9 Å². The molecule has 1 aliphatic heterocycles. The molecule has 10 nitrogen and oxygen atoms in total. The molecule has 1 aliphatic rings. The summed E-state index contributed by atoms with van der Waals surface area (Å²) in [4.78, 5) is 21.5. The minimum atomic E-state index is -0.416. The molecule has 0 radical (unpaired) electrons. The quantitative estimate of drug-likeness (QED) is 0.639. The molecule has 3 aromatic rings. The Morgan fingerprint density at radius 3 is 2.67 bits per heavy atom. The van der Waals surface area contributed by atoms with Crippen LogP contribution in [0.3, 0.4) is 0 Å². The van der Waals surface area contributed by atoms with Crippen molar-refractivity contribution in [3.05, 3.63) is 48.4 Å². The third kappa shape index (κ3) is 4.48. The Bertz CT molecular complexity index is 964. The fraction of sp³-hybridized carbons (Fsp3) is 0.450. The van der Waals surface area contributed by atoms with E-state index in [1.54, 1.807) is 4.68 Å². The van der Waals surface area contributed by atoms with Crippen molar-refractivity contribution < 1.29 is 14.1 Å². The second kappa shape index (κ2) is 9.04. The highest BCUT2D eigenvalue weighted by Crippen LogP contribution is 2.30. The first kappa shape index (κ1) is 20.0. The van der Waals surface area contributed by atoms with E-state index in [0.717, 1.165) is 18.5 Å². The summed E-state index contributed by atoms with van der Waals surface area (Å²) in [6.07, 6.45) is 2.99. The van der Waals surface area contributed by atoms with Gasteiger partial charge in [-0.2, -0.15) is 19.7 Å². The van der Waals surface area contributed by atoms with E-state index in [1.165, 1.54) is 6.33 Å². The SMILES string of the molecule is CC(C)c1noc(C(NC(=O)Nc2ncnn2-c2ccccc2)C2CCOCC2)n1. The standard InChI is InChI=1S/C20H25N7O3/c1-13(2)17-24-18(30-26-17)16(14-8-10-29-11-9-14)23-20(28)25-19-21-12-22-27(19)15-6-4-3-5-7-15/h3-7,12-14,16H,8-11H2,1-2H3,(H2,21,22,23,25,28). The first-order valence-corrected chi connectivity index (χ1v) is 10.1. The predicted octanol–water partition coefficient (Wildman–Crippen LogP) is 3.06. The zero-order valence-corrected chi connectivity index (χ0v) is 17.0. The molecule has 158 valence electrons. The molecule has 30 heavy (non-hydrogen) atoms. The highest BCUT2D eigenvalue weighted by Gasteiger charge is 2.32. The van der Waals surface area contributed by atoms with E-state index in [4.69, 9.17) is 9.26 Å². The summed E-state index contributed by atoms with van der Waals surface area (Å²) in [6.45, 7) is 5.26. The molecule has 10 heteroatoms. The largest absolute Gasteiger partial charge is 0.381 e. The number of amides is 2. The van der Waals surface area contributed by atoms with Gasteiger partial charge in [-0.3, -0.25) is 5.32 Å². The van der Waals surface area contributed by atoms with Crippen molar-refractivity contribution in [3.8, 4) is 5.69 Å². The van der Waals surface area contributed by atoms with E-state index in [9.17, 15) is 4.79 Å². The molecular weight excluding hydrogens is 386 g/mol. The van der Waals surface area contributed by atoms with Gasteiger partial charge in [-0.25, -0.2) is 4.79 Å². The number of carbonyl (C=O) groups excluding carboxylic acids is 1. The molecule has 1 aromatic carbocycles. The monoisotopic (exact) mass is 411 g/mol. The summed E-state index contributed by atoms with van der Waals surface area (Å²) >= 11 is 0. The maximum atomic E-state index is 12.8.